The molecule has 0 aliphatic carbocycles. The Balaban J connectivity index is 2.21. The summed E-state index contributed by atoms with van der Waals surface area (Å²) in [5, 5.41) is 11.0. The molecule has 1 aromatic heterocycles. The lowest BCUT2D eigenvalue weighted by Gasteiger charge is -2.01. The van der Waals surface area contributed by atoms with E-state index in [4.69, 9.17) is 9.52 Å². The van der Waals surface area contributed by atoms with Crippen LogP contribution in [0, 0.1) is 0 Å². The Hall–Kier alpha value is -1.50. The number of amides is 1. The molecular formula is C10H14N2O4S. The van der Waals surface area contributed by atoms with E-state index in [1.165, 1.54) is 0 Å². The molecule has 0 aliphatic heterocycles. The van der Waals surface area contributed by atoms with Crippen LogP contribution in [-0.2, 0) is 22.6 Å². The van der Waals surface area contributed by atoms with Crippen LogP contribution in [0.5, 0.6) is 0 Å². The van der Waals surface area contributed by atoms with E-state index in [1.54, 1.807) is 6.20 Å². The number of thioether (sulfide) groups is 1. The minimum atomic E-state index is -0.928. The van der Waals surface area contributed by atoms with Crippen molar-refractivity contribution in [3.8, 4) is 0 Å². The van der Waals surface area contributed by atoms with Gasteiger partial charge in [0.25, 0.3) is 0 Å². The molecule has 17 heavy (non-hydrogen) atoms. The number of aliphatic carboxylic acids is 1. The first kappa shape index (κ1) is 13.6. The Bertz CT molecular complexity index is 391. The summed E-state index contributed by atoms with van der Waals surface area (Å²) in [6.45, 7) is 2.18. The number of hydrogen-bond acceptors (Lipinski definition) is 5. The number of aryl methyl sites for hydroxylation is 1. The third-order valence-corrected chi connectivity index (χ3v) is 2.76. The van der Waals surface area contributed by atoms with Gasteiger partial charge in [-0.25, -0.2) is 4.98 Å². The van der Waals surface area contributed by atoms with E-state index in [0.29, 0.717) is 5.89 Å². The molecule has 0 atom stereocenters. The van der Waals surface area contributed by atoms with E-state index >= 15 is 0 Å². The second-order valence-electron chi connectivity index (χ2n) is 3.24. The van der Waals surface area contributed by atoms with E-state index in [-0.39, 0.29) is 24.0 Å². The SMILES string of the molecule is CCc1cnc(CNC(=O)CSCC(=O)O)o1. The highest BCUT2D eigenvalue weighted by atomic mass is 32.2. The number of hydrogen-bond donors (Lipinski definition) is 2. The van der Waals surface area contributed by atoms with Gasteiger partial charge in [0, 0.05) is 6.42 Å². The zero-order chi connectivity index (χ0) is 12.7. The van der Waals surface area contributed by atoms with E-state index in [9.17, 15) is 9.59 Å². The van der Waals surface area contributed by atoms with Gasteiger partial charge in [0.2, 0.25) is 11.8 Å². The van der Waals surface area contributed by atoms with Crippen LogP contribution in [0.1, 0.15) is 18.6 Å². The summed E-state index contributed by atoms with van der Waals surface area (Å²) < 4.78 is 5.30. The van der Waals surface area contributed by atoms with Gasteiger partial charge >= 0.3 is 5.97 Å². The molecule has 0 radical (unpaired) electrons. The number of carboxylic acid groups (broad SMARTS) is 1. The molecule has 7 heteroatoms. The van der Waals surface area contributed by atoms with E-state index in [2.05, 4.69) is 10.3 Å². The Morgan fingerprint density at radius 1 is 1.53 bits per heavy atom. The van der Waals surface area contributed by atoms with Crippen molar-refractivity contribution in [1.29, 1.82) is 0 Å². The molecule has 0 spiro atoms. The molecule has 1 rings (SSSR count). The highest BCUT2D eigenvalue weighted by Gasteiger charge is 2.06. The summed E-state index contributed by atoms with van der Waals surface area (Å²) in [5.41, 5.74) is 0. The molecule has 0 unspecified atom stereocenters. The van der Waals surface area contributed by atoms with Crippen molar-refractivity contribution in [2.45, 2.75) is 19.9 Å². The molecule has 1 amide bonds. The largest absolute Gasteiger partial charge is 0.481 e. The fourth-order valence-corrected chi connectivity index (χ4v) is 1.61. The molecule has 0 saturated carbocycles. The number of carbonyl (C=O) groups is 2. The lowest BCUT2D eigenvalue weighted by atomic mass is 10.4. The number of carboxylic acids is 1. The van der Waals surface area contributed by atoms with Gasteiger partial charge in [-0.15, -0.1) is 11.8 Å². The maximum absolute atomic E-state index is 11.3. The summed E-state index contributed by atoms with van der Waals surface area (Å²) in [6, 6.07) is 0. The number of oxazole rings is 1. The second kappa shape index (κ2) is 6.95. The molecule has 0 fully saturated rings. The predicted molar refractivity (Wildman–Crippen MR) is 62.7 cm³/mol. The fraction of sp³-hybridized carbons (Fsp3) is 0.500. The van der Waals surface area contributed by atoms with Gasteiger partial charge < -0.3 is 14.8 Å². The Labute approximate surface area is 103 Å². The first-order valence-corrected chi connectivity index (χ1v) is 6.27. The third kappa shape index (κ3) is 5.39. The van der Waals surface area contributed by atoms with Crippen LogP contribution in [0.15, 0.2) is 10.6 Å². The monoisotopic (exact) mass is 258 g/mol. The molecule has 0 aliphatic rings. The van der Waals surface area contributed by atoms with Crippen LogP contribution < -0.4 is 5.32 Å². The average molecular weight is 258 g/mol. The van der Waals surface area contributed by atoms with Crippen LogP contribution in [0.2, 0.25) is 0 Å². The highest BCUT2D eigenvalue weighted by molar-refractivity contribution is 8.00. The van der Waals surface area contributed by atoms with E-state index in [1.807, 2.05) is 6.92 Å². The standard InChI is InChI=1S/C10H14N2O4S/c1-2-7-3-12-9(16-7)4-11-8(13)5-17-6-10(14)15/h3H,2,4-6H2,1H3,(H,11,13)(H,14,15). The normalized spacial score (nSPS) is 10.2. The van der Waals surface area contributed by atoms with Gasteiger partial charge in [0.15, 0.2) is 0 Å². The number of nitrogens with one attached hydrogen (secondary N) is 1. The van der Waals surface area contributed by atoms with Crippen molar-refractivity contribution in [2.75, 3.05) is 11.5 Å². The van der Waals surface area contributed by atoms with Gasteiger partial charge in [-0.1, -0.05) is 6.92 Å². The smallest absolute Gasteiger partial charge is 0.313 e. The summed E-state index contributed by atoms with van der Waals surface area (Å²) in [6.07, 6.45) is 2.38. The molecule has 1 aromatic rings. The van der Waals surface area contributed by atoms with Crippen molar-refractivity contribution in [1.82, 2.24) is 10.3 Å². The molecular weight excluding hydrogens is 244 g/mol. The van der Waals surface area contributed by atoms with Gasteiger partial charge in [0.05, 0.1) is 24.2 Å². The van der Waals surface area contributed by atoms with Crippen molar-refractivity contribution in [3.05, 3.63) is 17.8 Å². The quantitative estimate of drug-likeness (QED) is 0.746. The van der Waals surface area contributed by atoms with Gasteiger partial charge in [-0.3, -0.25) is 9.59 Å². The van der Waals surface area contributed by atoms with Crippen LogP contribution >= 0.6 is 11.8 Å². The average Bonchev–Trinajstić information content (AvgIpc) is 2.73. The first-order chi connectivity index (χ1) is 8.11. The topological polar surface area (TPSA) is 92.4 Å². The number of rotatable bonds is 7. The molecule has 94 valence electrons. The van der Waals surface area contributed by atoms with Crippen molar-refractivity contribution < 1.29 is 19.1 Å². The molecule has 2 N–H and O–H groups in total. The first-order valence-electron chi connectivity index (χ1n) is 5.11. The van der Waals surface area contributed by atoms with Crippen LogP contribution in [-0.4, -0.2) is 33.5 Å². The summed E-state index contributed by atoms with van der Waals surface area (Å²) >= 11 is 1.05. The molecule has 1 heterocycles. The Morgan fingerprint density at radius 3 is 2.88 bits per heavy atom. The van der Waals surface area contributed by atoms with E-state index in [0.717, 1.165) is 23.9 Å². The van der Waals surface area contributed by atoms with Crippen LogP contribution in [0.3, 0.4) is 0 Å². The van der Waals surface area contributed by atoms with Crippen molar-refractivity contribution in [3.63, 3.8) is 0 Å². The lowest BCUT2D eigenvalue weighted by Crippen LogP contribution is -2.25. The summed E-state index contributed by atoms with van der Waals surface area (Å²) in [5.74, 6) is 0.114. The molecule has 6 nitrogen and oxygen atoms in total. The third-order valence-electron chi connectivity index (χ3n) is 1.85. The zero-order valence-electron chi connectivity index (χ0n) is 9.43. The minimum Gasteiger partial charge on any atom is -0.481 e. The summed E-state index contributed by atoms with van der Waals surface area (Å²) in [7, 11) is 0. The maximum Gasteiger partial charge on any atom is 0.313 e. The maximum atomic E-state index is 11.3. The minimum absolute atomic E-state index is 0.0770. The van der Waals surface area contributed by atoms with E-state index < -0.39 is 5.97 Å². The van der Waals surface area contributed by atoms with Crippen molar-refractivity contribution >= 4 is 23.6 Å². The molecule has 0 saturated heterocycles. The van der Waals surface area contributed by atoms with Crippen LogP contribution in [0.4, 0.5) is 0 Å². The van der Waals surface area contributed by atoms with Crippen molar-refractivity contribution in [2.24, 2.45) is 0 Å². The number of aromatic nitrogens is 1. The zero-order valence-corrected chi connectivity index (χ0v) is 10.2. The Morgan fingerprint density at radius 2 is 2.29 bits per heavy atom. The lowest BCUT2D eigenvalue weighted by molar-refractivity contribution is -0.133. The molecule has 0 bridgehead atoms. The number of carbonyl (C=O) groups excluding carboxylic acids is 1. The van der Waals surface area contributed by atoms with Crippen LogP contribution in [0.25, 0.3) is 0 Å². The summed E-state index contributed by atoms with van der Waals surface area (Å²) in [4.78, 5) is 25.5. The molecule has 0 aromatic carbocycles. The van der Waals surface area contributed by atoms with Gasteiger partial charge in [-0.05, 0) is 0 Å². The number of nitrogens with zero attached hydrogens (tertiary/aromatic N) is 1. The van der Waals surface area contributed by atoms with Gasteiger partial charge in [0.1, 0.15) is 5.76 Å². The Kier molecular flexibility index (Phi) is 5.55. The van der Waals surface area contributed by atoms with Gasteiger partial charge in [-0.2, -0.15) is 0 Å². The second-order valence-corrected chi connectivity index (χ2v) is 4.22. The fourth-order valence-electron chi connectivity index (χ4n) is 1.05. The predicted octanol–water partition coefficient (Wildman–Crippen LogP) is 0.671. The highest BCUT2D eigenvalue weighted by Crippen LogP contribution is 2.04.